The molecule has 0 N–H and O–H groups in total. The van der Waals surface area contributed by atoms with Gasteiger partial charge in [-0.1, -0.05) is 11.8 Å². The van der Waals surface area contributed by atoms with E-state index in [1.54, 1.807) is 35.2 Å². The molecule has 5 rings (SSSR count). The lowest BCUT2D eigenvalue weighted by Crippen LogP contribution is -1.95. The van der Waals surface area contributed by atoms with Crippen LogP contribution in [-0.2, 0) is 12.8 Å². The average molecular weight is 426 g/mol. The lowest BCUT2D eigenvalue weighted by molar-refractivity contribution is 0.174. The zero-order chi connectivity index (χ0) is 19.8. The molecule has 1 aliphatic heterocycles. The number of thioether (sulfide) groups is 1. The normalized spacial score (nSPS) is 12.5. The summed E-state index contributed by atoms with van der Waals surface area (Å²) in [7, 11) is 1.94. The summed E-state index contributed by atoms with van der Waals surface area (Å²) >= 11 is 3.12. The number of rotatable bonds is 5. The monoisotopic (exact) mass is 426 g/mol. The van der Waals surface area contributed by atoms with Crippen molar-refractivity contribution in [2.24, 2.45) is 7.05 Å². The number of hydrogen-bond donors (Lipinski definition) is 0. The summed E-state index contributed by atoms with van der Waals surface area (Å²) in [5, 5.41) is 12.3. The van der Waals surface area contributed by atoms with Gasteiger partial charge in [0.05, 0.1) is 5.69 Å². The summed E-state index contributed by atoms with van der Waals surface area (Å²) in [4.78, 5) is 4.65. The molecular formula is C20H15FN4O2S2. The first-order chi connectivity index (χ1) is 14.2. The highest BCUT2D eigenvalue weighted by atomic mass is 32.2. The second-order valence-corrected chi connectivity index (χ2v) is 8.17. The quantitative estimate of drug-likeness (QED) is 0.429. The molecule has 0 saturated heterocycles. The Morgan fingerprint density at radius 1 is 1.07 bits per heavy atom. The molecule has 0 amide bonds. The summed E-state index contributed by atoms with van der Waals surface area (Å²) in [5.41, 5.74) is 2.78. The van der Waals surface area contributed by atoms with Gasteiger partial charge in [0.25, 0.3) is 0 Å². The highest BCUT2D eigenvalue weighted by Crippen LogP contribution is 2.36. The lowest BCUT2D eigenvalue weighted by Gasteiger charge is -2.04. The Balaban J connectivity index is 1.30. The van der Waals surface area contributed by atoms with Crippen LogP contribution < -0.4 is 9.47 Å². The summed E-state index contributed by atoms with van der Waals surface area (Å²) in [6.07, 6.45) is 0. The van der Waals surface area contributed by atoms with Crippen LogP contribution in [0.3, 0.4) is 0 Å². The fraction of sp³-hybridized carbons (Fsp3) is 0.150. The largest absolute Gasteiger partial charge is 0.454 e. The Morgan fingerprint density at radius 3 is 2.72 bits per heavy atom. The van der Waals surface area contributed by atoms with E-state index in [-0.39, 0.29) is 12.6 Å². The molecule has 0 atom stereocenters. The van der Waals surface area contributed by atoms with Crippen LogP contribution in [0, 0.1) is 5.82 Å². The maximum atomic E-state index is 13.1. The fourth-order valence-electron chi connectivity index (χ4n) is 2.96. The molecule has 2 aromatic heterocycles. The lowest BCUT2D eigenvalue weighted by atomic mass is 10.2. The molecule has 0 aliphatic carbocycles. The van der Waals surface area contributed by atoms with Crippen molar-refractivity contribution in [1.82, 2.24) is 19.7 Å². The van der Waals surface area contributed by atoms with Crippen LogP contribution in [0.2, 0.25) is 0 Å². The highest BCUT2D eigenvalue weighted by molar-refractivity contribution is 7.98. The Bertz CT molecular complexity index is 1170. The molecule has 29 heavy (non-hydrogen) atoms. The predicted molar refractivity (Wildman–Crippen MR) is 110 cm³/mol. The molecule has 0 spiro atoms. The zero-order valence-corrected chi connectivity index (χ0v) is 17.0. The molecule has 9 heteroatoms. The van der Waals surface area contributed by atoms with Gasteiger partial charge in [0.2, 0.25) is 6.79 Å². The number of halogens is 1. The molecule has 0 radical (unpaired) electrons. The van der Waals surface area contributed by atoms with Crippen LogP contribution in [0.15, 0.2) is 53.0 Å². The topological polar surface area (TPSA) is 62.1 Å². The SMILES string of the molecule is Cn1c(SCc2csc(-c3ccc(F)cc3)n2)nnc1-c1ccc2c(c1)OCO2. The first-order valence-corrected chi connectivity index (χ1v) is 10.7. The number of benzene rings is 2. The van der Waals surface area contributed by atoms with Gasteiger partial charge in [0.1, 0.15) is 10.8 Å². The molecule has 3 heterocycles. The Hall–Kier alpha value is -2.91. The fourth-order valence-corrected chi connectivity index (χ4v) is 4.70. The van der Waals surface area contributed by atoms with E-state index in [4.69, 9.17) is 9.47 Å². The van der Waals surface area contributed by atoms with E-state index in [1.807, 2.05) is 35.2 Å². The number of ether oxygens (including phenoxy) is 2. The third-order valence-electron chi connectivity index (χ3n) is 4.46. The predicted octanol–water partition coefficient (Wildman–Crippen LogP) is 4.77. The number of aromatic nitrogens is 4. The summed E-state index contributed by atoms with van der Waals surface area (Å²) < 4.78 is 25.9. The van der Waals surface area contributed by atoms with Gasteiger partial charge in [0.15, 0.2) is 22.5 Å². The molecule has 0 fully saturated rings. The third kappa shape index (κ3) is 3.58. The van der Waals surface area contributed by atoms with Crippen molar-refractivity contribution in [1.29, 1.82) is 0 Å². The van der Waals surface area contributed by atoms with Crippen molar-refractivity contribution in [3.63, 3.8) is 0 Å². The van der Waals surface area contributed by atoms with Gasteiger partial charge in [-0.05, 0) is 42.5 Å². The second-order valence-electron chi connectivity index (χ2n) is 6.37. The Labute approximate surface area is 174 Å². The van der Waals surface area contributed by atoms with Crippen molar-refractivity contribution >= 4 is 23.1 Å². The van der Waals surface area contributed by atoms with Gasteiger partial charge in [0, 0.05) is 29.3 Å². The summed E-state index contributed by atoms with van der Waals surface area (Å²) in [5.74, 6) is 2.64. The average Bonchev–Trinajstić information content (AvgIpc) is 3.46. The van der Waals surface area contributed by atoms with Crippen LogP contribution in [-0.4, -0.2) is 26.5 Å². The van der Waals surface area contributed by atoms with Crippen molar-refractivity contribution < 1.29 is 13.9 Å². The van der Waals surface area contributed by atoms with Crippen molar-refractivity contribution in [3.05, 3.63) is 59.4 Å². The van der Waals surface area contributed by atoms with Gasteiger partial charge in [-0.3, -0.25) is 0 Å². The number of thiazole rings is 1. The minimum atomic E-state index is -0.248. The molecule has 146 valence electrons. The van der Waals surface area contributed by atoms with Crippen LogP contribution in [0.5, 0.6) is 11.5 Å². The first kappa shape index (κ1) is 18.1. The smallest absolute Gasteiger partial charge is 0.231 e. The molecule has 0 saturated carbocycles. The molecule has 0 bridgehead atoms. The van der Waals surface area contributed by atoms with Gasteiger partial charge in [-0.15, -0.1) is 21.5 Å². The van der Waals surface area contributed by atoms with Gasteiger partial charge in [-0.2, -0.15) is 0 Å². The van der Waals surface area contributed by atoms with E-state index in [9.17, 15) is 4.39 Å². The number of hydrogen-bond acceptors (Lipinski definition) is 7. The van der Waals surface area contributed by atoms with Gasteiger partial charge >= 0.3 is 0 Å². The van der Waals surface area contributed by atoms with E-state index in [2.05, 4.69) is 15.2 Å². The minimum Gasteiger partial charge on any atom is -0.454 e. The van der Waals surface area contributed by atoms with E-state index in [0.717, 1.165) is 44.3 Å². The molecule has 2 aromatic carbocycles. The summed E-state index contributed by atoms with van der Waals surface area (Å²) in [6, 6.07) is 12.1. The van der Waals surface area contributed by atoms with Crippen molar-refractivity contribution in [3.8, 4) is 33.5 Å². The molecule has 1 aliphatic rings. The van der Waals surface area contributed by atoms with Gasteiger partial charge in [-0.25, -0.2) is 9.37 Å². The molecule has 0 unspecified atom stereocenters. The van der Waals surface area contributed by atoms with Crippen molar-refractivity contribution in [2.75, 3.05) is 6.79 Å². The molecule has 6 nitrogen and oxygen atoms in total. The van der Waals surface area contributed by atoms with E-state index < -0.39 is 0 Å². The standard InChI is InChI=1S/C20H15FN4O2S2/c1-25-18(13-4-7-16-17(8-13)27-11-26-16)23-24-20(25)29-10-15-9-28-19(22-15)12-2-5-14(21)6-3-12/h2-9H,10-11H2,1H3. The Kier molecular flexibility index (Phi) is 4.69. The molecule has 4 aromatic rings. The van der Waals surface area contributed by atoms with E-state index in [0.29, 0.717) is 5.75 Å². The van der Waals surface area contributed by atoms with Crippen LogP contribution in [0.1, 0.15) is 5.69 Å². The Morgan fingerprint density at radius 2 is 1.86 bits per heavy atom. The van der Waals surface area contributed by atoms with Crippen LogP contribution >= 0.6 is 23.1 Å². The van der Waals surface area contributed by atoms with E-state index in [1.165, 1.54) is 12.1 Å². The maximum Gasteiger partial charge on any atom is 0.231 e. The molecular weight excluding hydrogens is 411 g/mol. The van der Waals surface area contributed by atoms with Crippen LogP contribution in [0.25, 0.3) is 22.0 Å². The van der Waals surface area contributed by atoms with E-state index >= 15 is 0 Å². The highest BCUT2D eigenvalue weighted by Gasteiger charge is 2.17. The van der Waals surface area contributed by atoms with Crippen LogP contribution in [0.4, 0.5) is 4.39 Å². The van der Waals surface area contributed by atoms with Gasteiger partial charge < -0.3 is 14.0 Å². The summed E-state index contributed by atoms with van der Waals surface area (Å²) in [6.45, 7) is 0.242. The second kappa shape index (κ2) is 7.49. The number of nitrogens with zero attached hydrogens (tertiary/aromatic N) is 4. The number of fused-ring (bicyclic) bond motifs is 1. The third-order valence-corrected chi connectivity index (χ3v) is 6.45. The van der Waals surface area contributed by atoms with Crippen molar-refractivity contribution in [2.45, 2.75) is 10.9 Å². The minimum absolute atomic E-state index is 0.242. The first-order valence-electron chi connectivity index (χ1n) is 8.80. The zero-order valence-electron chi connectivity index (χ0n) is 15.3. The maximum absolute atomic E-state index is 13.1.